The van der Waals surface area contributed by atoms with Crippen molar-refractivity contribution in [3.63, 3.8) is 0 Å². The number of carbonyl (C=O) groups is 5. The first kappa shape index (κ1) is 54.2. The number of aliphatic hydroxyl groups excluding tert-OH is 2. The van der Waals surface area contributed by atoms with Crippen molar-refractivity contribution in [2.45, 2.75) is 180 Å². The summed E-state index contributed by atoms with van der Waals surface area (Å²) >= 11 is 0. The third kappa shape index (κ3) is 14.3. The molecule has 3 aliphatic heterocycles. The van der Waals surface area contributed by atoms with Gasteiger partial charge in [-0.3, -0.25) is 19.2 Å². The lowest BCUT2D eigenvalue weighted by Crippen LogP contribution is -2.61. The number of fused-ring (bicyclic) bond motifs is 3. The molecular formula is C51H79NO13. The summed E-state index contributed by atoms with van der Waals surface area (Å²) in [5.74, 6) is -7.96. The molecule has 2 bridgehead atoms. The number of ether oxygens (including phenoxy) is 5. The van der Waals surface area contributed by atoms with E-state index in [1.54, 1.807) is 41.1 Å². The monoisotopic (exact) mass is 914 g/mol. The van der Waals surface area contributed by atoms with Crippen molar-refractivity contribution < 1.29 is 63.0 Å². The highest BCUT2D eigenvalue weighted by molar-refractivity contribution is 6.39. The molecule has 14 nitrogen and oxygen atoms in total. The summed E-state index contributed by atoms with van der Waals surface area (Å²) < 4.78 is 29.4. The molecule has 3 fully saturated rings. The molecule has 1 saturated carbocycles. The Morgan fingerprint density at radius 3 is 2.25 bits per heavy atom. The Morgan fingerprint density at radius 2 is 1.57 bits per heavy atom. The molecule has 14 heteroatoms. The molecule has 0 aromatic heterocycles. The maximum atomic E-state index is 14.4. The second-order valence-electron chi connectivity index (χ2n) is 19.6. The van der Waals surface area contributed by atoms with Crippen LogP contribution in [0, 0.1) is 35.5 Å². The number of hydrogen-bond donors (Lipinski definition) is 3. The van der Waals surface area contributed by atoms with Crippen LogP contribution in [0.25, 0.3) is 0 Å². The number of ketones is 3. The van der Waals surface area contributed by atoms with Crippen LogP contribution in [0.15, 0.2) is 47.6 Å². The Hall–Kier alpha value is -3.37. The minimum atomic E-state index is -2.43. The summed E-state index contributed by atoms with van der Waals surface area (Å²) in [6.45, 7) is 12.7. The summed E-state index contributed by atoms with van der Waals surface area (Å²) in [5, 5.41) is 33.8. The summed E-state index contributed by atoms with van der Waals surface area (Å²) in [6.07, 6.45) is 11.2. The van der Waals surface area contributed by atoms with Gasteiger partial charge in [-0.15, -0.1) is 0 Å². The van der Waals surface area contributed by atoms with E-state index in [1.165, 1.54) is 12.0 Å². The topological polar surface area (TPSA) is 195 Å². The first-order chi connectivity index (χ1) is 30.7. The summed E-state index contributed by atoms with van der Waals surface area (Å²) in [5.41, 5.74) is 1.27. The number of piperidine rings is 1. The van der Waals surface area contributed by atoms with Gasteiger partial charge in [0.2, 0.25) is 5.79 Å². The highest BCUT2D eigenvalue weighted by atomic mass is 16.6. The fourth-order valence-electron chi connectivity index (χ4n) is 10.1. The first-order valence-corrected chi connectivity index (χ1v) is 23.9. The lowest BCUT2D eigenvalue weighted by atomic mass is 9.78. The molecule has 0 aromatic carbocycles. The maximum Gasteiger partial charge on any atom is 0.329 e. The lowest BCUT2D eigenvalue weighted by molar-refractivity contribution is -0.265. The van der Waals surface area contributed by atoms with Crippen LogP contribution < -0.4 is 0 Å². The third-order valence-corrected chi connectivity index (χ3v) is 14.5. The molecule has 3 N–H and O–H groups in total. The van der Waals surface area contributed by atoms with E-state index in [4.69, 9.17) is 23.7 Å². The molecule has 0 radical (unpaired) electrons. The van der Waals surface area contributed by atoms with E-state index in [0.29, 0.717) is 63.4 Å². The number of cyclic esters (lactones) is 1. The Balaban J connectivity index is 1.70. The molecule has 0 spiro atoms. The van der Waals surface area contributed by atoms with Crippen LogP contribution >= 0.6 is 0 Å². The zero-order chi connectivity index (χ0) is 48.2. The molecule has 65 heavy (non-hydrogen) atoms. The molecule has 1 aliphatic carbocycles. The van der Waals surface area contributed by atoms with Crippen molar-refractivity contribution in [2.24, 2.45) is 35.5 Å². The average Bonchev–Trinajstić information content (AvgIpc) is 3.28. The van der Waals surface area contributed by atoms with Gasteiger partial charge in [0.25, 0.3) is 11.7 Å². The largest absolute Gasteiger partial charge is 0.460 e. The minimum absolute atomic E-state index is 0.0193. The number of Topliss-reactive ketones (excluding diaryl/α,β-unsaturated/α-hetero) is 3. The van der Waals surface area contributed by atoms with Crippen LogP contribution in [0.3, 0.4) is 0 Å². The second-order valence-corrected chi connectivity index (χ2v) is 19.6. The van der Waals surface area contributed by atoms with Crippen LogP contribution in [0.2, 0.25) is 0 Å². The molecule has 4 rings (SSSR count). The fourth-order valence-corrected chi connectivity index (χ4v) is 10.1. The summed E-state index contributed by atoms with van der Waals surface area (Å²) in [4.78, 5) is 71.8. The van der Waals surface area contributed by atoms with Crippen molar-refractivity contribution in [3.05, 3.63) is 47.6 Å². The van der Waals surface area contributed by atoms with Gasteiger partial charge in [0.1, 0.15) is 30.1 Å². The summed E-state index contributed by atoms with van der Waals surface area (Å²) in [6, 6.07) is -1.14. The molecule has 4 aliphatic rings. The van der Waals surface area contributed by atoms with Gasteiger partial charge in [0.15, 0.2) is 5.78 Å². The highest BCUT2D eigenvalue weighted by Gasteiger charge is 2.53. The number of amides is 1. The van der Waals surface area contributed by atoms with Gasteiger partial charge in [0.05, 0.1) is 24.4 Å². The molecular weight excluding hydrogens is 835 g/mol. The van der Waals surface area contributed by atoms with E-state index in [1.807, 2.05) is 58.1 Å². The standard InChI is InChI=1S/C51H79NO13/c1-30-16-12-11-13-17-31(2)42(61-8)28-38-21-19-36(7)51(60,65-38)48(57)49(58)52-23-15-14-18-39(52)50(59)64-43(33(4)26-37-20-22-40(53)44(27-37)62-9)29-41(54)32(3)25-35(6)46(56)47(63-10)45(55)34(5)24-30/h11-13,16-17,25,30,32-34,36-40,42-44,46-47,53,56,60H,14-15,18-24,26-29H2,1-10H3/b13-11?,16-12+,31-17?,35-25+/t30-,32-,33-,34-,36-,37?,38?,39+,40-,42+,43+,44-,46-,47+,51-/m1/s1. The molecule has 0 aromatic rings. The first-order valence-electron chi connectivity index (χ1n) is 23.9. The quantitative estimate of drug-likeness (QED) is 0.156. The van der Waals surface area contributed by atoms with E-state index in [-0.39, 0.29) is 54.8 Å². The van der Waals surface area contributed by atoms with E-state index >= 15 is 0 Å². The smallest absolute Gasteiger partial charge is 0.329 e. The number of hydrogen-bond acceptors (Lipinski definition) is 13. The SMILES string of the molecule is CO[C@H]1CC2CC[C@@H](C)[C@@](O)(O2)C(=O)C(=O)N2CCCC[C@H]2C(=O)O[C@H]([C@H](C)CC2CC[C@@H](O)[C@H](OC)C2)CC(=O)[C@H](C)/C=C(\C)[C@@H](O)[C@@H](OC)C(=O)[C@H](C)C[C@H](C)/C=C/C=CC=C1C. The molecule has 366 valence electrons. The predicted octanol–water partition coefficient (Wildman–Crippen LogP) is 6.18. The predicted molar refractivity (Wildman–Crippen MR) is 245 cm³/mol. The Morgan fingerprint density at radius 1 is 0.846 bits per heavy atom. The van der Waals surface area contributed by atoms with Crippen molar-refractivity contribution >= 4 is 29.2 Å². The number of nitrogens with zero attached hydrogens (tertiary/aromatic N) is 1. The zero-order valence-corrected chi connectivity index (χ0v) is 40.6. The molecule has 3 heterocycles. The van der Waals surface area contributed by atoms with Crippen LogP contribution in [-0.2, 0) is 47.7 Å². The highest BCUT2D eigenvalue weighted by Crippen LogP contribution is 2.38. The van der Waals surface area contributed by atoms with Gasteiger partial charge in [-0.2, -0.15) is 0 Å². The van der Waals surface area contributed by atoms with E-state index in [9.17, 15) is 39.3 Å². The molecule has 2 unspecified atom stereocenters. The van der Waals surface area contributed by atoms with Gasteiger partial charge in [-0.05, 0) is 107 Å². The normalized spacial score (nSPS) is 39.1. The maximum absolute atomic E-state index is 14.4. The average molecular weight is 914 g/mol. The number of esters is 1. The molecule has 15 atom stereocenters. The zero-order valence-electron chi connectivity index (χ0n) is 40.6. The summed E-state index contributed by atoms with van der Waals surface area (Å²) in [7, 11) is 4.52. The second kappa shape index (κ2) is 25.1. The van der Waals surface area contributed by atoms with Crippen molar-refractivity contribution in [1.82, 2.24) is 4.90 Å². The Kier molecular flexibility index (Phi) is 21.0. The number of aliphatic hydroxyl groups is 3. The van der Waals surface area contributed by atoms with Crippen molar-refractivity contribution in [2.75, 3.05) is 27.9 Å². The van der Waals surface area contributed by atoms with Crippen LogP contribution in [0.1, 0.15) is 126 Å². The molecule has 2 saturated heterocycles. The van der Waals surface area contributed by atoms with E-state index in [2.05, 4.69) is 0 Å². The number of rotatable bonds is 6. The van der Waals surface area contributed by atoms with Gasteiger partial charge in [-0.1, -0.05) is 71.1 Å². The van der Waals surface area contributed by atoms with Gasteiger partial charge in [0, 0.05) is 58.5 Å². The Bertz CT molecular complexity index is 1760. The number of allylic oxidation sites excluding steroid dienone is 6. The number of carbonyl (C=O) groups excluding carboxylic acids is 5. The van der Waals surface area contributed by atoms with E-state index in [0.717, 1.165) is 12.0 Å². The van der Waals surface area contributed by atoms with Gasteiger partial charge < -0.3 is 43.9 Å². The molecule has 1 amide bonds. The third-order valence-electron chi connectivity index (χ3n) is 14.5. The minimum Gasteiger partial charge on any atom is -0.460 e. The lowest BCUT2D eigenvalue weighted by Gasteiger charge is -2.42. The van der Waals surface area contributed by atoms with Crippen molar-refractivity contribution in [1.29, 1.82) is 0 Å². The van der Waals surface area contributed by atoms with Crippen LogP contribution in [-0.4, -0.2) is 132 Å². The fraction of sp³-hybridized carbons (Fsp3) is 0.745. The van der Waals surface area contributed by atoms with Crippen LogP contribution in [0.4, 0.5) is 0 Å². The van der Waals surface area contributed by atoms with Crippen molar-refractivity contribution in [3.8, 4) is 0 Å². The van der Waals surface area contributed by atoms with Gasteiger partial charge >= 0.3 is 5.97 Å². The Labute approximate surface area is 387 Å². The van der Waals surface area contributed by atoms with E-state index < -0.39 is 83.9 Å². The van der Waals surface area contributed by atoms with Crippen LogP contribution in [0.5, 0.6) is 0 Å². The number of methoxy groups -OCH3 is 3. The van der Waals surface area contributed by atoms with Gasteiger partial charge in [-0.25, -0.2) is 4.79 Å².